The molecule has 0 N–H and O–H groups in total. The van der Waals surface area contributed by atoms with Crippen LogP contribution in [0, 0.1) is 20.2 Å². The molecule has 7 rings (SSSR count). The molecule has 258 valence electrons. The van der Waals surface area contributed by atoms with Gasteiger partial charge in [0.2, 0.25) is 0 Å². The third-order valence-electron chi connectivity index (χ3n) is 8.17. The highest BCUT2D eigenvalue weighted by molar-refractivity contribution is 5.41. The summed E-state index contributed by atoms with van der Waals surface area (Å²) in [5.41, 5.74) is 2.87. The van der Waals surface area contributed by atoms with Crippen molar-refractivity contribution in [2.75, 3.05) is 13.7 Å². The molecule has 6 atom stereocenters. The zero-order valence-electron chi connectivity index (χ0n) is 26.4. The summed E-state index contributed by atoms with van der Waals surface area (Å²) in [6, 6.07) is 21.3. The van der Waals surface area contributed by atoms with Crippen LogP contribution in [-0.2, 0) is 41.6 Å². The number of hydrogen-bond donors (Lipinski definition) is 0. The molecular formula is C32H30N8O10. The predicted octanol–water partition coefficient (Wildman–Crippen LogP) is 3.62. The van der Waals surface area contributed by atoms with Gasteiger partial charge in [0, 0.05) is 36.9 Å². The minimum absolute atomic E-state index is 0.00689. The van der Waals surface area contributed by atoms with Crippen molar-refractivity contribution in [1.29, 1.82) is 0 Å². The van der Waals surface area contributed by atoms with Gasteiger partial charge >= 0.3 is 0 Å². The van der Waals surface area contributed by atoms with Crippen molar-refractivity contribution in [2.45, 2.75) is 50.2 Å². The van der Waals surface area contributed by atoms with Gasteiger partial charge in [0.25, 0.3) is 11.4 Å². The third kappa shape index (κ3) is 7.10. The molecule has 0 bridgehead atoms. The van der Waals surface area contributed by atoms with Crippen LogP contribution in [0.4, 0.5) is 11.4 Å². The molecule has 2 saturated heterocycles. The van der Waals surface area contributed by atoms with Crippen LogP contribution in [0.2, 0.25) is 0 Å². The van der Waals surface area contributed by atoms with Crippen molar-refractivity contribution >= 4 is 11.4 Å². The number of fused-ring (bicyclic) bond motifs is 1. The summed E-state index contributed by atoms with van der Waals surface area (Å²) in [6.07, 6.45) is -1.00. The Bertz CT molecular complexity index is 1920. The van der Waals surface area contributed by atoms with Crippen molar-refractivity contribution < 1.29 is 38.3 Å². The number of nitro groups is 2. The maximum Gasteiger partial charge on any atom is 0.269 e. The summed E-state index contributed by atoms with van der Waals surface area (Å²) in [7, 11) is 1.50. The largest absolute Gasteiger partial charge is 0.366 e. The van der Waals surface area contributed by atoms with E-state index >= 15 is 0 Å². The molecule has 3 aromatic carbocycles. The Balaban J connectivity index is 1.11. The molecule has 18 nitrogen and oxygen atoms in total. The molecule has 2 fully saturated rings. The van der Waals surface area contributed by atoms with Crippen molar-refractivity contribution in [2.24, 2.45) is 0 Å². The molecule has 2 aliphatic heterocycles. The zero-order valence-corrected chi connectivity index (χ0v) is 26.4. The summed E-state index contributed by atoms with van der Waals surface area (Å²) in [5.74, 6) is 0. The number of nitrogens with zero attached hydrogens (tertiary/aromatic N) is 8. The van der Waals surface area contributed by atoms with E-state index in [0.29, 0.717) is 22.8 Å². The van der Waals surface area contributed by atoms with E-state index < -0.39 is 46.8 Å². The van der Waals surface area contributed by atoms with Crippen molar-refractivity contribution in [3.63, 3.8) is 0 Å². The fourth-order valence-electron chi connectivity index (χ4n) is 5.68. The molecule has 3 unspecified atom stereocenters. The summed E-state index contributed by atoms with van der Waals surface area (Å²) >= 11 is 0. The van der Waals surface area contributed by atoms with Crippen LogP contribution < -0.4 is 0 Å². The van der Waals surface area contributed by atoms with E-state index in [1.165, 1.54) is 40.7 Å². The van der Waals surface area contributed by atoms with E-state index in [1.807, 2.05) is 30.3 Å². The minimum Gasteiger partial charge on any atom is -0.366 e. The number of non-ortho nitro benzene ring substituents is 2. The van der Waals surface area contributed by atoms with Gasteiger partial charge in [0.15, 0.2) is 12.6 Å². The van der Waals surface area contributed by atoms with Crippen molar-refractivity contribution in [3.05, 3.63) is 128 Å². The quantitative estimate of drug-likeness (QED) is 0.136. The normalized spacial score (nSPS) is 23.3. The molecule has 0 radical (unpaired) electrons. The first-order chi connectivity index (χ1) is 24.4. The van der Waals surface area contributed by atoms with Crippen LogP contribution in [0.1, 0.15) is 23.2 Å². The van der Waals surface area contributed by atoms with E-state index in [4.69, 9.17) is 28.4 Å². The highest BCUT2D eigenvalue weighted by atomic mass is 16.8. The van der Waals surface area contributed by atoms with Crippen molar-refractivity contribution in [3.8, 4) is 11.4 Å². The lowest BCUT2D eigenvalue weighted by Crippen LogP contribution is -2.63. The smallest absolute Gasteiger partial charge is 0.269 e. The highest BCUT2D eigenvalue weighted by Gasteiger charge is 2.51. The maximum atomic E-state index is 11.1. The predicted molar refractivity (Wildman–Crippen MR) is 169 cm³/mol. The second-order valence-corrected chi connectivity index (χ2v) is 11.4. The Morgan fingerprint density at radius 1 is 0.760 bits per heavy atom. The van der Waals surface area contributed by atoms with Gasteiger partial charge < -0.3 is 28.4 Å². The average molecular weight is 687 g/mol. The number of methoxy groups -OCH3 is 1. The number of aromatic nitrogens is 6. The highest BCUT2D eigenvalue weighted by Crippen LogP contribution is 2.37. The van der Waals surface area contributed by atoms with Gasteiger partial charge in [-0.1, -0.05) is 40.8 Å². The number of ether oxygens (including phenoxy) is 6. The van der Waals surface area contributed by atoms with Gasteiger partial charge in [-0.05, 0) is 24.3 Å². The first-order valence-electron chi connectivity index (χ1n) is 15.4. The second-order valence-electron chi connectivity index (χ2n) is 11.4. The lowest BCUT2D eigenvalue weighted by molar-refractivity contribution is -0.385. The van der Waals surface area contributed by atoms with Crippen LogP contribution in [-0.4, -0.2) is 84.3 Å². The van der Waals surface area contributed by atoms with Gasteiger partial charge in [-0.2, -0.15) is 0 Å². The Labute approximate surface area is 283 Å². The van der Waals surface area contributed by atoms with Gasteiger partial charge in [-0.25, -0.2) is 9.36 Å². The van der Waals surface area contributed by atoms with Crippen LogP contribution in [0.5, 0.6) is 0 Å². The summed E-state index contributed by atoms with van der Waals surface area (Å²) in [4.78, 5) is 21.2. The number of nitro benzene ring substituents is 2. The zero-order chi connectivity index (χ0) is 34.6. The monoisotopic (exact) mass is 686 g/mol. The van der Waals surface area contributed by atoms with E-state index in [0.717, 1.165) is 5.56 Å². The van der Waals surface area contributed by atoms with Crippen molar-refractivity contribution in [1.82, 2.24) is 30.0 Å². The third-order valence-corrected chi connectivity index (χ3v) is 8.17. The Morgan fingerprint density at radius 3 is 1.82 bits per heavy atom. The lowest BCUT2D eigenvalue weighted by atomic mass is 9.97. The molecule has 0 amide bonds. The van der Waals surface area contributed by atoms with E-state index in [1.54, 1.807) is 36.7 Å². The summed E-state index contributed by atoms with van der Waals surface area (Å²) < 4.78 is 40.3. The van der Waals surface area contributed by atoms with Crippen LogP contribution >= 0.6 is 0 Å². The van der Waals surface area contributed by atoms with Crippen LogP contribution in [0.3, 0.4) is 0 Å². The van der Waals surface area contributed by atoms with E-state index in [-0.39, 0.29) is 31.2 Å². The molecule has 2 aliphatic rings. The van der Waals surface area contributed by atoms with Crippen LogP contribution in [0.25, 0.3) is 11.4 Å². The average Bonchev–Trinajstić information content (AvgIpc) is 3.83. The van der Waals surface area contributed by atoms with Gasteiger partial charge in [0.05, 0.1) is 53.4 Å². The van der Waals surface area contributed by atoms with E-state index in [9.17, 15) is 20.2 Å². The van der Waals surface area contributed by atoms with Gasteiger partial charge in [0.1, 0.15) is 35.8 Å². The first kappa shape index (κ1) is 33.0. The minimum atomic E-state index is -0.873. The Kier molecular flexibility index (Phi) is 9.60. The molecule has 0 saturated carbocycles. The topological polar surface area (TPSA) is 203 Å². The molecule has 0 spiro atoms. The number of benzene rings is 3. The van der Waals surface area contributed by atoms with E-state index in [2.05, 4.69) is 20.6 Å². The molecule has 5 aromatic rings. The Hall–Kier alpha value is -5.50. The molecule has 18 heteroatoms. The van der Waals surface area contributed by atoms with Gasteiger partial charge in [-0.3, -0.25) is 20.2 Å². The standard InChI is InChI=1S/C32H30N8O10/c1-45-32-30(47-18-22-16-38(36-34-22)24-9-13-26(14-10-24)40(43)44)29(28-27(49-32)19-48-31(50-28)20-5-3-2-4-6-20)46-17-21-15-37(35-33-21)23-7-11-25(12-8-23)39(41)42/h2-16,27-32H,17-19H2,1H3/t27?,28-,29-,30?,31?,32+/m0/s1. The summed E-state index contributed by atoms with van der Waals surface area (Å²) in [6.45, 7) is 0.206. The molecule has 2 aromatic heterocycles. The van der Waals surface area contributed by atoms with Gasteiger partial charge in [-0.15, -0.1) is 10.2 Å². The van der Waals surface area contributed by atoms with Crippen LogP contribution in [0.15, 0.2) is 91.3 Å². The fraction of sp³-hybridized carbons (Fsp3) is 0.312. The number of hydrogen-bond acceptors (Lipinski definition) is 14. The lowest BCUT2D eigenvalue weighted by Gasteiger charge is -2.48. The SMILES string of the molecule is CO[C@@H]1OC2COC(c3ccccc3)O[C@@H]2[C@H](OCc2cn(-c3ccc([N+](=O)[O-])cc3)nn2)C1OCc1cn(-c2ccc([N+](=O)[O-])cc2)nn1. The molecule has 50 heavy (non-hydrogen) atoms. The molecule has 4 heterocycles. The maximum absolute atomic E-state index is 11.1. The molecular weight excluding hydrogens is 656 g/mol. The summed E-state index contributed by atoms with van der Waals surface area (Å²) in [5, 5.41) is 38.8. The second kappa shape index (κ2) is 14.5. The fourth-order valence-corrected chi connectivity index (χ4v) is 5.68. The first-order valence-corrected chi connectivity index (χ1v) is 15.4. The number of rotatable bonds is 12. The Morgan fingerprint density at radius 2 is 1.30 bits per heavy atom. The molecule has 0 aliphatic carbocycles.